The largest absolute Gasteiger partial charge is 0.368 e. The molecule has 1 aromatic heterocycles. The molecule has 2 aromatic carbocycles. The molecular formula is C19H18ClN5O. The zero-order valence-electron chi connectivity index (χ0n) is 14.1. The topological polar surface area (TPSA) is 75.4 Å². The van der Waals surface area contributed by atoms with Crippen LogP contribution in [0, 0.1) is 0 Å². The molecule has 6 nitrogen and oxygen atoms in total. The highest BCUT2D eigenvalue weighted by molar-refractivity contribution is 6.30. The predicted molar refractivity (Wildman–Crippen MR) is 104 cm³/mol. The number of hydrogen-bond donors (Lipinski definition) is 1. The van der Waals surface area contributed by atoms with E-state index in [2.05, 4.69) is 19.8 Å². The van der Waals surface area contributed by atoms with Crippen molar-refractivity contribution in [1.82, 2.24) is 9.97 Å². The van der Waals surface area contributed by atoms with Crippen LogP contribution in [0.25, 0.3) is 10.9 Å². The van der Waals surface area contributed by atoms with Crippen LogP contribution in [-0.4, -0.2) is 42.1 Å². The molecule has 26 heavy (non-hydrogen) atoms. The molecule has 0 radical (unpaired) electrons. The fourth-order valence-corrected chi connectivity index (χ4v) is 3.52. The fraction of sp³-hybridized carbons (Fsp3) is 0.211. The third kappa shape index (κ3) is 3.04. The van der Waals surface area contributed by atoms with Crippen LogP contribution >= 0.6 is 11.6 Å². The van der Waals surface area contributed by atoms with Crippen LogP contribution in [0.3, 0.4) is 0 Å². The number of carbonyl (C=O) groups is 1. The lowest BCUT2D eigenvalue weighted by molar-refractivity contribution is 0.100. The molecule has 3 aromatic rings. The molecule has 4 rings (SSSR count). The van der Waals surface area contributed by atoms with E-state index in [0.717, 1.165) is 42.3 Å². The number of benzene rings is 2. The second kappa shape index (κ2) is 6.80. The zero-order chi connectivity index (χ0) is 18.1. The van der Waals surface area contributed by atoms with Gasteiger partial charge in [0.1, 0.15) is 6.33 Å². The maximum atomic E-state index is 11.7. The van der Waals surface area contributed by atoms with E-state index in [0.29, 0.717) is 11.1 Å². The summed E-state index contributed by atoms with van der Waals surface area (Å²) < 4.78 is 0. The van der Waals surface area contributed by atoms with Gasteiger partial charge in [0.15, 0.2) is 0 Å². The summed E-state index contributed by atoms with van der Waals surface area (Å²) in [5, 5.41) is 1.59. The summed E-state index contributed by atoms with van der Waals surface area (Å²) in [6.45, 7) is 3.52. The smallest absolute Gasteiger partial charge is 0.250 e. The van der Waals surface area contributed by atoms with E-state index in [4.69, 9.17) is 17.3 Å². The SMILES string of the molecule is NC(=O)c1ccc(N2CCN(c3ccc(Cl)cc3)CC2)c2cncnc12. The molecule has 2 heterocycles. The number of nitrogens with two attached hydrogens (primary N) is 1. The number of amides is 1. The Bertz CT molecular complexity index is 952. The highest BCUT2D eigenvalue weighted by Gasteiger charge is 2.21. The van der Waals surface area contributed by atoms with Gasteiger partial charge in [-0.1, -0.05) is 11.6 Å². The predicted octanol–water partition coefficient (Wildman–Crippen LogP) is 2.71. The van der Waals surface area contributed by atoms with E-state index < -0.39 is 5.91 Å². The molecule has 0 unspecified atom stereocenters. The number of aromatic nitrogens is 2. The lowest BCUT2D eigenvalue weighted by Crippen LogP contribution is -2.46. The molecule has 1 aliphatic heterocycles. The monoisotopic (exact) mass is 367 g/mol. The average Bonchev–Trinajstić information content (AvgIpc) is 2.68. The number of halogens is 1. The molecule has 1 fully saturated rings. The van der Waals surface area contributed by atoms with Crippen LogP contribution in [0.5, 0.6) is 0 Å². The number of carbonyl (C=O) groups excluding carboxylic acids is 1. The number of primary amides is 1. The van der Waals surface area contributed by atoms with Gasteiger partial charge in [-0.25, -0.2) is 9.97 Å². The summed E-state index contributed by atoms with van der Waals surface area (Å²) in [6, 6.07) is 11.6. The van der Waals surface area contributed by atoms with E-state index >= 15 is 0 Å². The van der Waals surface area contributed by atoms with Crippen molar-refractivity contribution in [2.45, 2.75) is 0 Å². The van der Waals surface area contributed by atoms with Gasteiger partial charge in [0.2, 0.25) is 0 Å². The maximum absolute atomic E-state index is 11.7. The summed E-state index contributed by atoms with van der Waals surface area (Å²) >= 11 is 5.97. The highest BCUT2D eigenvalue weighted by Crippen LogP contribution is 2.29. The normalized spacial score (nSPS) is 14.7. The molecule has 132 valence electrons. The van der Waals surface area contributed by atoms with Crippen LogP contribution in [0.1, 0.15) is 10.4 Å². The standard InChI is InChI=1S/C19H18ClN5O/c20-13-1-3-14(4-2-13)24-7-9-25(10-8-24)17-6-5-15(19(21)26)18-16(17)11-22-12-23-18/h1-6,11-12H,7-10H2,(H2,21,26). The Balaban J connectivity index is 1.59. The Kier molecular flexibility index (Phi) is 4.34. The molecule has 1 saturated heterocycles. The highest BCUT2D eigenvalue weighted by atomic mass is 35.5. The van der Waals surface area contributed by atoms with Crippen LogP contribution in [0.15, 0.2) is 48.9 Å². The number of fused-ring (bicyclic) bond motifs is 1. The summed E-state index contributed by atoms with van der Waals surface area (Å²) in [6.07, 6.45) is 3.19. The molecule has 2 N–H and O–H groups in total. The minimum atomic E-state index is -0.479. The van der Waals surface area contributed by atoms with Gasteiger partial charge in [-0.05, 0) is 36.4 Å². The summed E-state index contributed by atoms with van der Waals surface area (Å²) in [4.78, 5) is 24.7. The Morgan fingerprint density at radius 1 is 1.00 bits per heavy atom. The third-order valence-corrected chi connectivity index (χ3v) is 4.98. The number of piperazine rings is 1. The Labute approximate surface area is 156 Å². The zero-order valence-corrected chi connectivity index (χ0v) is 14.9. The molecule has 0 atom stereocenters. The van der Waals surface area contributed by atoms with E-state index in [1.54, 1.807) is 12.3 Å². The summed E-state index contributed by atoms with van der Waals surface area (Å²) in [5.74, 6) is -0.479. The molecule has 0 bridgehead atoms. The second-order valence-electron chi connectivity index (χ2n) is 6.23. The van der Waals surface area contributed by atoms with Crippen molar-refractivity contribution in [3.05, 3.63) is 59.5 Å². The summed E-state index contributed by atoms with van der Waals surface area (Å²) in [7, 11) is 0. The molecule has 7 heteroatoms. The fourth-order valence-electron chi connectivity index (χ4n) is 3.39. The van der Waals surface area contributed by atoms with Gasteiger partial charge in [-0.3, -0.25) is 4.79 Å². The molecule has 1 aliphatic rings. The van der Waals surface area contributed by atoms with Gasteiger partial charge >= 0.3 is 0 Å². The van der Waals surface area contributed by atoms with E-state index in [1.807, 2.05) is 30.3 Å². The van der Waals surface area contributed by atoms with Crippen LogP contribution < -0.4 is 15.5 Å². The van der Waals surface area contributed by atoms with Crippen molar-refractivity contribution >= 4 is 39.8 Å². The van der Waals surface area contributed by atoms with Crippen molar-refractivity contribution < 1.29 is 4.79 Å². The van der Waals surface area contributed by atoms with Crippen LogP contribution in [0.4, 0.5) is 11.4 Å². The quantitative estimate of drug-likeness (QED) is 0.770. The molecule has 1 amide bonds. The lowest BCUT2D eigenvalue weighted by Gasteiger charge is -2.37. The number of nitrogens with zero attached hydrogens (tertiary/aromatic N) is 4. The molecule has 0 spiro atoms. The summed E-state index contributed by atoms with van der Waals surface area (Å²) in [5.41, 5.74) is 8.70. The third-order valence-electron chi connectivity index (χ3n) is 4.73. The van der Waals surface area contributed by atoms with Crippen LogP contribution in [0.2, 0.25) is 5.02 Å². The van der Waals surface area contributed by atoms with Gasteiger partial charge in [0, 0.05) is 54.2 Å². The first-order chi connectivity index (χ1) is 12.6. The minimum absolute atomic E-state index is 0.422. The molecular weight excluding hydrogens is 350 g/mol. The van der Waals surface area contributed by atoms with Gasteiger partial charge in [-0.15, -0.1) is 0 Å². The lowest BCUT2D eigenvalue weighted by atomic mass is 10.1. The maximum Gasteiger partial charge on any atom is 0.250 e. The van der Waals surface area contributed by atoms with Crippen molar-refractivity contribution in [2.75, 3.05) is 36.0 Å². The van der Waals surface area contributed by atoms with Gasteiger partial charge in [0.05, 0.1) is 11.1 Å². The van der Waals surface area contributed by atoms with Gasteiger partial charge < -0.3 is 15.5 Å². The second-order valence-corrected chi connectivity index (χ2v) is 6.67. The van der Waals surface area contributed by atoms with Crippen molar-refractivity contribution in [1.29, 1.82) is 0 Å². The Morgan fingerprint density at radius 2 is 1.69 bits per heavy atom. The molecule has 0 saturated carbocycles. The first-order valence-corrected chi connectivity index (χ1v) is 8.79. The Hall–Kier alpha value is -2.86. The number of hydrogen-bond acceptors (Lipinski definition) is 5. The van der Waals surface area contributed by atoms with E-state index in [-0.39, 0.29) is 0 Å². The van der Waals surface area contributed by atoms with Gasteiger partial charge in [-0.2, -0.15) is 0 Å². The number of anilines is 2. The van der Waals surface area contributed by atoms with E-state index in [1.165, 1.54) is 12.0 Å². The van der Waals surface area contributed by atoms with Crippen molar-refractivity contribution in [3.8, 4) is 0 Å². The average molecular weight is 368 g/mol. The van der Waals surface area contributed by atoms with Crippen molar-refractivity contribution in [2.24, 2.45) is 5.73 Å². The Morgan fingerprint density at radius 3 is 2.38 bits per heavy atom. The minimum Gasteiger partial charge on any atom is -0.368 e. The molecule has 0 aliphatic carbocycles. The number of rotatable bonds is 3. The first kappa shape index (κ1) is 16.6. The first-order valence-electron chi connectivity index (χ1n) is 8.41. The van der Waals surface area contributed by atoms with E-state index in [9.17, 15) is 4.79 Å². The van der Waals surface area contributed by atoms with Gasteiger partial charge in [0.25, 0.3) is 5.91 Å². The van der Waals surface area contributed by atoms with Crippen molar-refractivity contribution in [3.63, 3.8) is 0 Å². The van der Waals surface area contributed by atoms with Crippen LogP contribution in [-0.2, 0) is 0 Å².